The van der Waals surface area contributed by atoms with E-state index in [4.69, 9.17) is 9.15 Å². The third-order valence-corrected chi connectivity index (χ3v) is 5.99. The van der Waals surface area contributed by atoms with Crippen LogP contribution in [0.3, 0.4) is 0 Å². The molecule has 2 amide bonds. The van der Waals surface area contributed by atoms with Gasteiger partial charge in [-0.25, -0.2) is 13.2 Å². The molecule has 140 valence electrons. The van der Waals surface area contributed by atoms with E-state index in [1.807, 2.05) is 0 Å². The maximum atomic E-state index is 12.7. The molecule has 1 aliphatic rings. The summed E-state index contributed by atoms with van der Waals surface area (Å²) < 4.78 is 37.0. The summed E-state index contributed by atoms with van der Waals surface area (Å²) in [5, 5.41) is 5.40. The van der Waals surface area contributed by atoms with Crippen LogP contribution in [0.25, 0.3) is 0 Å². The number of urea groups is 1. The summed E-state index contributed by atoms with van der Waals surface area (Å²) in [5.74, 6) is 0. The summed E-state index contributed by atoms with van der Waals surface area (Å²) in [6.45, 7) is 3.53. The van der Waals surface area contributed by atoms with Crippen LogP contribution in [0.15, 0.2) is 46.1 Å². The van der Waals surface area contributed by atoms with Crippen molar-refractivity contribution in [2.75, 3.05) is 31.6 Å². The van der Waals surface area contributed by atoms with Gasteiger partial charge in [-0.15, -0.1) is 0 Å². The topological polar surface area (TPSA) is 101 Å². The van der Waals surface area contributed by atoms with Crippen LogP contribution in [-0.4, -0.2) is 45.1 Å². The number of hydrogen-bond donors (Lipinski definition) is 2. The minimum absolute atomic E-state index is 0.148. The number of carbonyl (C=O) groups excluding carboxylic acids is 1. The number of carbonyl (C=O) groups is 1. The second kappa shape index (κ2) is 7.90. The summed E-state index contributed by atoms with van der Waals surface area (Å²) >= 11 is 0. The zero-order valence-electron chi connectivity index (χ0n) is 14.4. The minimum Gasteiger partial charge on any atom is -0.472 e. The Morgan fingerprint density at radius 1 is 1.23 bits per heavy atom. The van der Waals surface area contributed by atoms with Gasteiger partial charge in [-0.05, 0) is 30.7 Å². The largest absolute Gasteiger partial charge is 0.472 e. The van der Waals surface area contributed by atoms with Crippen molar-refractivity contribution in [3.63, 3.8) is 0 Å². The normalized spacial score (nSPS) is 15.6. The lowest BCUT2D eigenvalue weighted by Crippen LogP contribution is -2.40. The van der Waals surface area contributed by atoms with E-state index in [0.29, 0.717) is 38.5 Å². The number of rotatable bonds is 5. The monoisotopic (exact) mass is 379 g/mol. The van der Waals surface area contributed by atoms with Gasteiger partial charge in [0.15, 0.2) is 0 Å². The molecule has 0 bridgehead atoms. The third kappa shape index (κ3) is 4.24. The molecule has 0 saturated carbocycles. The molecule has 2 heterocycles. The van der Waals surface area contributed by atoms with Crippen LogP contribution in [0.4, 0.5) is 10.5 Å². The molecule has 3 rings (SSSR count). The second-order valence-electron chi connectivity index (χ2n) is 5.93. The SMILES string of the molecule is Cc1ccc(S(=O)(=O)N2CCOCC2)cc1NC(=O)NCc1ccoc1. The molecule has 9 heteroatoms. The third-order valence-electron chi connectivity index (χ3n) is 4.10. The first-order valence-electron chi connectivity index (χ1n) is 8.21. The summed E-state index contributed by atoms with van der Waals surface area (Å²) in [7, 11) is -3.62. The Bertz CT molecular complexity index is 859. The summed E-state index contributed by atoms with van der Waals surface area (Å²) in [5.41, 5.74) is 2.05. The number of amides is 2. The molecule has 0 atom stereocenters. The maximum Gasteiger partial charge on any atom is 0.319 e. The summed E-state index contributed by atoms with van der Waals surface area (Å²) in [6, 6.07) is 6.04. The van der Waals surface area contributed by atoms with Gasteiger partial charge in [0.2, 0.25) is 10.0 Å². The molecule has 1 aromatic carbocycles. The lowest BCUT2D eigenvalue weighted by atomic mass is 10.2. The number of sulfonamides is 1. The zero-order chi connectivity index (χ0) is 18.6. The van der Waals surface area contributed by atoms with Crippen molar-refractivity contribution in [3.05, 3.63) is 47.9 Å². The van der Waals surface area contributed by atoms with Gasteiger partial charge in [0, 0.05) is 30.9 Å². The average Bonchev–Trinajstić information content (AvgIpc) is 3.16. The van der Waals surface area contributed by atoms with Crippen LogP contribution in [-0.2, 0) is 21.3 Å². The molecule has 0 spiro atoms. The van der Waals surface area contributed by atoms with Crippen molar-refractivity contribution in [1.82, 2.24) is 9.62 Å². The van der Waals surface area contributed by atoms with Crippen molar-refractivity contribution in [2.45, 2.75) is 18.4 Å². The summed E-state index contributed by atoms with van der Waals surface area (Å²) in [4.78, 5) is 12.2. The van der Waals surface area contributed by atoms with Crippen molar-refractivity contribution in [3.8, 4) is 0 Å². The van der Waals surface area contributed by atoms with Gasteiger partial charge in [-0.3, -0.25) is 0 Å². The fraction of sp³-hybridized carbons (Fsp3) is 0.353. The molecule has 2 N–H and O–H groups in total. The van der Waals surface area contributed by atoms with Gasteiger partial charge in [0.05, 0.1) is 30.6 Å². The Labute approximate surface area is 152 Å². The van der Waals surface area contributed by atoms with E-state index < -0.39 is 16.1 Å². The highest BCUT2D eigenvalue weighted by Crippen LogP contribution is 2.23. The Hall–Kier alpha value is -2.36. The van der Waals surface area contributed by atoms with E-state index in [2.05, 4.69) is 10.6 Å². The Morgan fingerprint density at radius 3 is 2.69 bits per heavy atom. The number of nitrogens with one attached hydrogen (secondary N) is 2. The summed E-state index contributed by atoms with van der Waals surface area (Å²) in [6.07, 6.45) is 3.07. The predicted molar refractivity (Wildman–Crippen MR) is 95.3 cm³/mol. The molecular weight excluding hydrogens is 358 g/mol. The second-order valence-corrected chi connectivity index (χ2v) is 7.87. The van der Waals surface area contributed by atoms with E-state index >= 15 is 0 Å². The molecule has 1 aliphatic heterocycles. The van der Waals surface area contributed by atoms with Crippen LogP contribution in [0, 0.1) is 6.92 Å². The molecule has 26 heavy (non-hydrogen) atoms. The van der Waals surface area contributed by atoms with E-state index in [-0.39, 0.29) is 4.90 Å². The number of furan rings is 1. The fourth-order valence-electron chi connectivity index (χ4n) is 2.57. The van der Waals surface area contributed by atoms with E-state index in [1.165, 1.54) is 16.6 Å². The Kier molecular flexibility index (Phi) is 5.60. The Balaban J connectivity index is 1.71. The van der Waals surface area contributed by atoms with Crippen LogP contribution in [0.2, 0.25) is 0 Å². The van der Waals surface area contributed by atoms with Crippen LogP contribution in [0.5, 0.6) is 0 Å². The molecular formula is C17H21N3O5S. The van der Waals surface area contributed by atoms with Crippen LogP contribution >= 0.6 is 0 Å². The molecule has 8 nitrogen and oxygen atoms in total. The van der Waals surface area contributed by atoms with E-state index in [1.54, 1.807) is 31.4 Å². The average molecular weight is 379 g/mol. The van der Waals surface area contributed by atoms with Crippen molar-refractivity contribution >= 4 is 21.7 Å². The predicted octanol–water partition coefficient (Wildman–Crippen LogP) is 1.93. The maximum absolute atomic E-state index is 12.7. The van der Waals surface area contributed by atoms with Crippen LogP contribution in [0.1, 0.15) is 11.1 Å². The van der Waals surface area contributed by atoms with Crippen LogP contribution < -0.4 is 10.6 Å². The molecule has 0 radical (unpaired) electrons. The number of hydrogen-bond acceptors (Lipinski definition) is 5. The van der Waals surface area contributed by atoms with Gasteiger partial charge in [0.1, 0.15) is 0 Å². The highest BCUT2D eigenvalue weighted by Gasteiger charge is 2.26. The molecule has 1 saturated heterocycles. The van der Waals surface area contributed by atoms with Gasteiger partial charge in [-0.2, -0.15) is 4.31 Å². The Morgan fingerprint density at radius 2 is 2.00 bits per heavy atom. The van der Waals surface area contributed by atoms with Gasteiger partial charge in [-0.1, -0.05) is 6.07 Å². The number of morpholine rings is 1. The molecule has 0 unspecified atom stereocenters. The lowest BCUT2D eigenvalue weighted by molar-refractivity contribution is 0.0730. The standard InChI is InChI=1S/C17H21N3O5S/c1-13-2-3-15(26(22,23)20-5-8-24-9-6-20)10-16(13)19-17(21)18-11-14-4-7-25-12-14/h2-4,7,10,12H,5-6,8-9,11H2,1H3,(H2,18,19,21). The number of benzene rings is 1. The molecule has 1 aromatic heterocycles. The van der Waals surface area contributed by atoms with E-state index in [0.717, 1.165) is 11.1 Å². The van der Waals surface area contributed by atoms with Crippen molar-refractivity contribution < 1.29 is 22.4 Å². The van der Waals surface area contributed by atoms with Gasteiger partial charge >= 0.3 is 6.03 Å². The number of nitrogens with zero attached hydrogens (tertiary/aromatic N) is 1. The first-order valence-corrected chi connectivity index (χ1v) is 9.65. The minimum atomic E-state index is -3.62. The lowest BCUT2D eigenvalue weighted by Gasteiger charge is -2.26. The number of aryl methyl sites for hydroxylation is 1. The quantitative estimate of drug-likeness (QED) is 0.827. The van der Waals surface area contributed by atoms with Gasteiger partial charge < -0.3 is 19.8 Å². The fourth-order valence-corrected chi connectivity index (χ4v) is 4.01. The smallest absolute Gasteiger partial charge is 0.319 e. The van der Waals surface area contributed by atoms with Crippen molar-refractivity contribution in [1.29, 1.82) is 0 Å². The van der Waals surface area contributed by atoms with Gasteiger partial charge in [0.25, 0.3) is 0 Å². The number of ether oxygens (including phenoxy) is 1. The molecule has 1 fully saturated rings. The molecule has 2 aromatic rings. The first kappa shape index (κ1) is 18.4. The molecule has 0 aliphatic carbocycles. The van der Waals surface area contributed by atoms with Crippen molar-refractivity contribution in [2.24, 2.45) is 0 Å². The van der Waals surface area contributed by atoms with E-state index in [9.17, 15) is 13.2 Å². The highest BCUT2D eigenvalue weighted by molar-refractivity contribution is 7.89. The highest BCUT2D eigenvalue weighted by atomic mass is 32.2. The number of anilines is 1. The first-order chi connectivity index (χ1) is 12.5. The zero-order valence-corrected chi connectivity index (χ0v) is 15.2.